The zero-order valence-corrected chi connectivity index (χ0v) is 7.31. The van der Waals surface area contributed by atoms with E-state index in [4.69, 9.17) is 0 Å². The van der Waals surface area contributed by atoms with E-state index >= 15 is 0 Å². The first-order valence-electron chi connectivity index (χ1n) is 3.87. The van der Waals surface area contributed by atoms with E-state index in [9.17, 15) is 9.59 Å². The van der Waals surface area contributed by atoms with Crippen LogP contribution in [0.25, 0.3) is 5.82 Å². The van der Waals surface area contributed by atoms with Gasteiger partial charge in [0.1, 0.15) is 0 Å². The van der Waals surface area contributed by atoms with Crippen molar-refractivity contribution in [1.82, 2.24) is 25.0 Å². The van der Waals surface area contributed by atoms with Crippen molar-refractivity contribution in [2.75, 3.05) is 0 Å². The van der Waals surface area contributed by atoms with Crippen molar-refractivity contribution in [1.29, 1.82) is 0 Å². The molecule has 0 unspecified atom stereocenters. The Morgan fingerprint density at radius 3 is 2.86 bits per heavy atom. The number of H-pyrrole nitrogens is 2. The lowest BCUT2D eigenvalue weighted by Crippen LogP contribution is -2.34. The molecule has 0 aliphatic carbocycles. The average molecular weight is 193 g/mol. The van der Waals surface area contributed by atoms with Gasteiger partial charge in [-0.15, -0.1) is 5.10 Å². The highest BCUT2D eigenvalue weighted by molar-refractivity contribution is 5.17. The van der Waals surface area contributed by atoms with Crippen LogP contribution < -0.4 is 11.2 Å². The van der Waals surface area contributed by atoms with Gasteiger partial charge in [0.15, 0.2) is 5.82 Å². The minimum atomic E-state index is -0.533. The van der Waals surface area contributed by atoms with E-state index in [0.717, 1.165) is 4.57 Å². The molecule has 0 aromatic carbocycles. The third kappa shape index (κ3) is 1.15. The zero-order chi connectivity index (χ0) is 10.1. The number of hydrogen-bond donors (Lipinski definition) is 2. The van der Waals surface area contributed by atoms with Crippen LogP contribution in [0, 0.1) is 6.92 Å². The lowest BCUT2D eigenvalue weighted by molar-refractivity contribution is 0.819. The van der Waals surface area contributed by atoms with Crippen molar-refractivity contribution in [2.45, 2.75) is 6.92 Å². The molecule has 0 atom stereocenters. The second-order valence-corrected chi connectivity index (χ2v) is 2.75. The Morgan fingerprint density at radius 1 is 1.43 bits per heavy atom. The molecule has 0 amide bonds. The molecule has 2 N–H and O–H groups in total. The third-order valence-electron chi connectivity index (χ3n) is 1.79. The summed E-state index contributed by atoms with van der Waals surface area (Å²) in [4.78, 5) is 25.3. The first-order chi connectivity index (χ1) is 6.70. The molecule has 2 aromatic heterocycles. The standard InChI is InChI=1S/C7H7N5O2/c1-4-2-8-7(14)12(6(4)13)5-3-9-11-10-5/h2-3H,1H3,(H,8,14)(H,9,10,11). The minimum Gasteiger partial charge on any atom is -0.313 e. The molecule has 0 radical (unpaired) electrons. The summed E-state index contributed by atoms with van der Waals surface area (Å²) >= 11 is 0. The molecule has 0 aliphatic rings. The summed E-state index contributed by atoms with van der Waals surface area (Å²) in [5.74, 6) is 0.181. The van der Waals surface area contributed by atoms with Crippen LogP contribution in [0.5, 0.6) is 0 Å². The van der Waals surface area contributed by atoms with Crippen LogP contribution in [0.15, 0.2) is 22.0 Å². The van der Waals surface area contributed by atoms with Crippen molar-refractivity contribution in [3.05, 3.63) is 38.8 Å². The predicted molar refractivity (Wildman–Crippen MR) is 47.3 cm³/mol. The number of aromatic amines is 2. The Hall–Kier alpha value is -2.18. The fourth-order valence-corrected chi connectivity index (χ4v) is 1.08. The van der Waals surface area contributed by atoms with Crippen molar-refractivity contribution >= 4 is 0 Å². The highest BCUT2D eigenvalue weighted by atomic mass is 16.2. The fraction of sp³-hybridized carbons (Fsp3) is 0.143. The maximum Gasteiger partial charge on any atom is 0.334 e. The molecule has 0 saturated heterocycles. The second-order valence-electron chi connectivity index (χ2n) is 2.75. The van der Waals surface area contributed by atoms with Gasteiger partial charge in [0.25, 0.3) is 5.56 Å². The number of nitrogens with zero attached hydrogens (tertiary/aromatic N) is 3. The summed E-state index contributed by atoms with van der Waals surface area (Å²) < 4.78 is 0.916. The molecule has 7 nitrogen and oxygen atoms in total. The van der Waals surface area contributed by atoms with Crippen LogP contribution >= 0.6 is 0 Å². The summed E-state index contributed by atoms with van der Waals surface area (Å²) in [6.07, 6.45) is 2.66. The summed E-state index contributed by atoms with van der Waals surface area (Å²) in [5, 5.41) is 9.51. The summed E-state index contributed by atoms with van der Waals surface area (Å²) in [6.45, 7) is 1.61. The molecular formula is C7H7N5O2. The lowest BCUT2D eigenvalue weighted by atomic mass is 10.4. The first-order valence-corrected chi connectivity index (χ1v) is 3.87. The van der Waals surface area contributed by atoms with E-state index in [1.165, 1.54) is 12.4 Å². The van der Waals surface area contributed by atoms with E-state index in [1.54, 1.807) is 6.92 Å². The summed E-state index contributed by atoms with van der Waals surface area (Å²) in [7, 11) is 0. The van der Waals surface area contributed by atoms with Crippen LogP contribution in [0.1, 0.15) is 5.56 Å². The largest absolute Gasteiger partial charge is 0.334 e. The summed E-state index contributed by atoms with van der Waals surface area (Å²) in [6, 6.07) is 0. The number of aryl methyl sites for hydroxylation is 1. The Morgan fingerprint density at radius 2 is 2.21 bits per heavy atom. The van der Waals surface area contributed by atoms with Gasteiger partial charge in [0.05, 0.1) is 6.20 Å². The Balaban J connectivity index is 2.82. The Bertz CT molecular complexity index is 550. The van der Waals surface area contributed by atoms with Crippen LogP contribution in [0.4, 0.5) is 0 Å². The topological polar surface area (TPSA) is 96.4 Å². The molecule has 14 heavy (non-hydrogen) atoms. The molecule has 2 rings (SSSR count). The van der Waals surface area contributed by atoms with E-state index in [-0.39, 0.29) is 5.82 Å². The first kappa shape index (κ1) is 8.42. The van der Waals surface area contributed by atoms with E-state index in [0.29, 0.717) is 5.56 Å². The summed E-state index contributed by atoms with van der Waals surface area (Å²) in [5.41, 5.74) is -0.496. The van der Waals surface area contributed by atoms with E-state index in [1.807, 2.05) is 0 Å². The molecule has 0 saturated carbocycles. The molecule has 2 aromatic rings. The van der Waals surface area contributed by atoms with Gasteiger partial charge < -0.3 is 4.98 Å². The maximum absolute atomic E-state index is 11.5. The van der Waals surface area contributed by atoms with Crippen LogP contribution in [-0.2, 0) is 0 Å². The Kier molecular flexibility index (Phi) is 1.77. The molecule has 2 heterocycles. The van der Waals surface area contributed by atoms with Crippen molar-refractivity contribution in [3.8, 4) is 5.82 Å². The van der Waals surface area contributed by atoms with Gasteiger partial charge in [0, 0.05) is 11.8 Å². The van der Waals surface area contributed by atoms with Crippen LogP contribution in [0.2, 0.25) is 0 Å². The van der Waals surface area contributed by atoms with Gasteiger partial charge in [-0.25, -0.2) is 9.36 Å². The fourth-order valence-electron chi connectivity index (χ4n) is 1.08. The molecule has 0 spiro atoms. The van der Waals surface area contributed by atoms with Gasteiger partial charge in [-0.3, -0.25) is 4.79 Å². The molecule has 0 bridgehead atoms. The van der Waals surface area contributed by atoms with Crippen LogP contribution in [0.3, 0.4) is 0 Å². The molecule has 7 heteroatoms. The number of hydrogen-bond acceptors (Lipinski definition) is 4. The van der Waals surface area contributed by atoms with Gasteiger partial charge in [-0.1, -0.05) is 0 Å². The van der Waals surface area contributed by atoms with Gasteiger partial charge >= 0.3 is 5.69 Å². The van der Waals surface area contributed by atoms with Crippen molar-refractivity contribution in [3.63, 3.8) is 0 Å². The van der Waals surface area contributed by atoms with Crippen molar-refractivity contribution < 1.29 is 0 Å². The van der Waals surface area contributed by atoms with Gasteiger partial charge in [-0.05, 0) is 6.92 Å². The van der Waals surface area contributed by atoms with Crippen LogP contribution in [-0.4, -0.2) is 25.0 Å². The van der Waals surface area contributed by atoms with Crippen molar-refractivity contribution in [2.24, 2.45) is 0 Å². The maximum atomic E-state index is 11.5. The predicted octanol–water partition coefficient (Wildman–Crippen LogP) is -1.05. The zero-order valence-electron chi connectivity index (χ0n) is 7.31. The molecular weight excluding hydrogens is 186 g/mol. The van der Waals surface area contributed by atoms with E-state index < -0.39 is 11.2 Å². The monoisotopic (exact) mass is 193 g/mol. The number of nitrogens with one attached hydrogen (secondary N) is 2. The van der Waals surface area contributed by atoms with Gasteiger partial charge in [-0.2, -0.15) is 10.3 Å². The van der Waals surface area contributed by atoms with Gasteiger partial charge in [0.2, 0.25) is 0 Å². The third-order valence-corrected chi connectivity index (χ3v) is 1.79. The highest BCUT2D eigenvalue weighted by Crippen LogP contribution is 1.91. The average Bonchev–Trinajstić information content (AvgIpc) is 2.65. The SMILES string of the molecule is Cc1c[nH]c(=O)n(-c2cn[nH]n2)c1=O. The number of aromatic nitrogens is 5. The smallest absolute Gasteiger partial charge is 0.313 e. The molecule has 0 fully saturated rings. The highest BCUT2D eigenvalue weighted by Gasteiger charge is 2.07. The van der Waals surface area contributed by atoms with E-state index in [2.05, 4.69) is 20.4 Å². The second kappa shape index (κ2) is 2.95. The molecule has 0 aliphatic heterocycles. The molecule has 72 valence electrons. The normalized spacial score (nSPS) is 10.4. The minimum absolute atomic E-state index is 0.181. The lowest BCUT2D eigenvalue weighted by Gasteiger charge is -1.98. The number of rotatable bonds is 1. The quantitative estimate of drug-likeness (QED) is 0.604. The Labute approximate surface area is 77.4 Å².